The Morgan fingerprint density at radius 3 is 2.72 bits per heavy atom. The molecule has 25 heavy (non-hydrogen) atoms. The summed E-state index contributed by atoms with van der Waals surface area (Å²) in [6.45, 7) is 0. The van der Waals surface area contributed by atoms with Crippen molar-refractivity contribution >= 4 is 24.0 Å². The average molecular weight is 365 g/mol. The van der Waals surface area contributed by atoms with Crippen LogP contribution in [0.15, 0.2) is 28.8 Å². The third-order valence-electron chi connectivity index (χ3n) is 4.46. The number of nitrogens with one attached hydrogen (secondary N) is 1. The second-order valence-electron chi connectivity index (χ2n) is 6.38. The third-order valence-corrected chi connectivity index (χ3v) is 4.46. The summed E-state index contributed by atoms with van der Waals surface area (Å²) in [6.07, 6.45) is 7.33. The number of para-hydroxylation sites is 1. The quantitative estimate of drug-likeness (QED) is 0.768. The Morgan fingerprint density at radius 2 is 1.96 bits per heavy atom. The Balaban J connectivity index is 0.00000225. The van der Waals surface area contributed by atoms with E-state index in [2.05, 4.69) is 15.5 Å². The third kappa shape index (κ3) is 5.74. The number of nitrogens with two attached hydrogens (primary N) is 1. The first-order valence-electron chi connectivity index (χ1n) is 8.65. The van der Waals surface area contributed by atoms with Gasteiger partial charge in [0.25, 0.3) is 0 Å². The number of anilines is 1. The van der Waals surface area contributed by atoms with E-state index in [1.807, 2.05) is 24.3 Å². The van der Waals surface area contributed by atoms with Gasteiger partial charge < -0.3 is 15.6 Å². The number of hydrogen-bond acceptors (Lipinski definition) is 5. The van der Waals surface area contributed by atoms with Crippen LogP contribution in [0.1, 0.15) is 49.4 Å². The van der Waals surface area contributed by atoms with Crippen molar-refractivity contribution in [2.45, 2.75) is 57.4 Å². The van der Waals surface area contributed by atoms with E-state index in [1.54, 1.807) is 0 Å². The predicted octanol–water partition coefficient (Wildman–Crippen LogP) is 2.85. The van der Waals surface area contributed by atoms with Crippen LogP contribution in [0.5, 0.6) is 0 Å². The zero-order chi connectivity index (χ0) is 16.8. The monoisotopic (exact) mass is 364 g/mol. The lowest BCUT2D eigenvalue weighted by atomic mass is 9.95. The molecule has 0 spiro atoms. The molecule has 0 saturated heterocycles. The number of carbonyl (C=O) groups excluding carboxylic acids is 1. The SMILES string of the molecule is Cl.Nc1ccccc1CCc1nc(CC(=O)NC2CCCCC2)no1. The minimum atomic E-state index is -0.0263. The maximum absolute atomic E-state index is 12.1. The Bertz CT molecular complexity index is 683. The van der Waals surface area contributed by atoms with Crippen molar-refractivity contribution in [2.75, 3.05) is 5.73 Å². The largest absolute Gasteiger partial charge is 0.399 e. The number of amides is 1. The van der Waals surface area contributed by atoms with E-state index < -0.39 is 0 Å². The van der Waals surface area contributed by atoms with Gasteiger partial charge in [0.1, 0.15) is 0 Å². The number of rotatable bonds is 6. The van der Waals surface area contributed by atoms with Crippen LogP contribution >= 0.6 is 12.4 Å². The van der Waals surface area contributed by atoms with E-state index in [-0.39, 0.29) is 24.7 Å². The summed E-state index contributed by atoms with van der Waals surface area (Å²) in [5.74, 6) is 0.958. The van der Waals surface area contributed by atoms with Crippen molar-refractivity contribution in [3.05, 3.63) is 41.5 Å². The molecule has 1 heterocycles. The molecule has 1 aromatic carbocycles. The topological polar surface area (TPSA) is 94.0 Å². The van der Waals surface area contributed by atoms with Crippen molar-refractivity contribution in [1.29, 1.82) is 0 Å². The fraction of sp³-hybridized carbons (Fsp3) is 0.500. The summed E-state index contributed by atoms with van der Waals surface area (Å²) in [5, 5.41) is 6.97. The van der Waals surface area contributed by atoms with Crippen molar-refractivity contribution in [2.24, 2.45) is 0 Å². The maximum atomic E-state index is 12.1. The van der Waals surface area contributed by atoms with Crippen LogP contribution in [0.3, 0.4) is 0 Å². The van der Waals surface area contributed by atoms with Gasteiger partial charge in [-0.2, -0.15) is 4.98 Å². The summed E-state index contributed by atoms with van der Waals surface area (Å²) in [5.41, 5.74) is 7.76. The molecule has 1 aliphatic rings. The Labute approximate surface area is 154 Å². The molecule has 0 aliphatic heterocycles. The molecule has 1 fully saturated rings. The lowest BCUT2D eigenvalue weighted by Gasteiger charge is -2.22. The highest BCUT2D eigenvalue weighted by molar-refractivity contribution is 5.85. The lowest BCUT2D eigenvalue weighted by Crippen LogP contribution is -2.37. The maximum Gasteiger partial charge on any atom is 0.228 e. The first-order chi connectivity index (χ1) is 11.7. The molecule has 2 aromatic rings. The summed E-state index contributed by atoms with van der Waals surface area (Å²) >= 11 is 0. The number of nitrogen functional groups attached to an aromatic ring is 1. The van der Waals surface area contributed by atoms with E-state index in [9.17, 15) is 4.79 Å². The number of halogens is 1. The molecule has 0 unspecified atom stereocenters. The second-order valence-corrected chi connectivity index (χ2v) is 6.38. The van der Waals surface area contributed by atoms with Gasteiger partial charge in [-0.3, -0.25) is 4.79 Å². The number of benzene rings is 1. The van der Waals surface area contributed by atoms with Crippen molar-refractivity contribution in [3.8, 4) is 0 Å². The molecule has 0 atom stereocenters. The predicted molar refractivity (Wildman–Crippen MR) is 98.5 cm³/mol. The Kier molecular flexibility index (Phi) is 7.25. The number of nitrogens with zero attached hydrogens (tertiary/aromatic N) is 2. The summed E-state index contributed by atoms with van der Waals surface area (Å²) in [6, 6.07) is 8.04. The van der Waals surface area contributed by atoms with Gasteiger partial charge in [-0.05, 0) is 30.9 Å². The van der Waals surface area contributed by atoms with Gasteiger partial charge >= 0.3 is 0 Å². The summed E-state index contributed by atoms with van der Waals surface area (Å²) in [4.78, 5) is 16.4. The minimum Gasteiger partial charge on any atom is -0.399 e. The molecule has 3 rings (SSSR count). The fourth-order valence-electron chi connectivity index (χ4n) is 3.14. The van der Waals surface area contributed by atoms with Gasteiger partial charge in [0.2, 0.25) is 11.8 Å². The Hall–Kier alpha value is -2.08. The molecule has 1 amide bonds. The smallest absolute Gasteiger partial charge is 0.228 e. The van der Waals surface area contributed by atoms with Gasteiger partial charge in [-0.1, -0.05) is 42.6 Å². The summed E-state index contributed by atoms with van der Waals surface area (Å²) in [7, 11) is 0. The highest BCUT2D eigenvalue weighted by Gasteiger charge is 2.17. The molecule has 7 heteroatoms. The van der Waals surface area contributed by atoms with E-state index >= 15 is 0 Å². The number of carbonyl (C=O) groups is 1. The van der Waals surface area contributed by atoms with Crippen LogP contribution in [0.2, 0.25) is 0 Å². The van der Waals surface area contributed by atoms with Gasteiger partial charge in [0, 0.05) is 18.2 Å². The molecular formula is C18H25ClN4O2. The Morgan fingerprint density at radius 1 is 1.20 bits per heavy atom. The molecule has 1 aliphatic carbocycles. The molecule has 1 saturated carbocycles. The van der Waals surface area contributed by atoms with E-state index in [4.69, 9.17) is 10.3 Å². The normalized spacial score (nSPS) is 14.7. The average Bonchev–Trinajstić information content (AvgIpc) is 3.02. The van der Waals surface area contributed by atoms with Crippen LogP contribution in [-0.2, 0) is 24.1 Å². The van der Waals surface area contributed by atoms with Gasteiger partial charge in [0.15, 0.2) is 5.82 Å². The molecule has 3 N–H and O–H groups in total. The highest BCUT2D eigenvalue weighted by Crippen LogP contribution is 2.17. The minimum absolute atomic E-state index is 0. The number of hydrogen-bond donors (Lipinski definition) is 2. The van der Waals surface area contributed by atoms with Crippen LogP contribution in [0, 0.1) is 0 Å². The lowest BCUT2D eigenvalue weighted by molar-refractivity contribution is -0.121. The van der Waals surface area contributed by atoms with Crippen LogP contribution in [0.25, 0.3) is 0 Å². The zero-order valence-electron chi connectivity index (χ0n) is 14.2. The molecule has 1 aromatic heterocycles. The summed E-state index contributed by atoms with van der Waals surface area (Å²) < 4.78 is 5.24. The second kappa shape index (κ2) is 9.42. The van der Waals surface area contributed by atoms with E-state index in [0.29, 0.717) is 24.2 Å². The molecule has 0 bridgehead atoms. The van der Waals surface area contributed by atoms with Crippen LogP contribution in [-0.4, -0.2) is 22.1 Å². The van der Waals surface area contributed by atoms with Crippen LogP contribution in [0.4, 0.5) is 5.69 Å². The van der Waals surface area contributed by atoms with E-state index in [0.717, 1.165) is 30.5 Å². The van der Waals surface area contributed by atoms with Gasteiger partial charge in [-0.25, -0.2) is 0 Å². The molecule has 136 valence electrons. The fourth-order valence-corrected chi connectivity index (χ4v) is 3.14. The number of aryl methyl sites for hydroxylation is 2. The standard InChI is InChI=1S/C18H24N4O2.ClH/c19-15-9-5-4-6-13(15)10-11-18-21-16(22-24-18)12-17(23)20-14-7-2-1-3-8-14;/h4-6,9,14H,1-3,7-8,10-12,19H2,(H,20,23);1H. The van der Waals surface area contributed by atoms with Crippen molar-refractivity contribution < 1.29 is 9.32 Å². The molecule has 0 radical (unpaired) electrons. The molecule has 6 nitrogen and oxygen atoms in total. The van der Waals surface area contributed by atoms with Crippen molar-refractivity contribution in [1.82, 2.24) is 15.5 Å². The first-order valence-corrected chi connectivity index (χ1v) is 8.65. The van der Waals surface area contributed by atoms with Crippen molar-refractivity contribution in [3.63, 3.8) is 0 Å². The zero-order valence-corrected chi connectivity index (χ0v) is 15.1. The van der Waals surface area contributed by atoms with Gasteiger partial charge in [-0.15, -0.1) is 12.4 Å². The highest BCUT2D eigenvalue weighted by atomic mass is 35.5. The van der Waals surface area contributed by atoms with Gasteiger partial charge in [0.05, 0.1) is 6.42 Å². The first kappa shape index (κ1) is 19.2. The van der Waals surface area contributed by atoms with Crippen LogP contribution < -0.4 is 11.1 Å². The number of aromatic nitrogens is 2. The molecular weight excluding hydrogens is 340 g/mol. The van der Waals surface area contributed by atoms with E-state index in [1.165, 1.54) is 19.3 Å².